The number of rotatable bonds is 6. The van der Waals surface area contributed by atoms with Crippen LogP contribution in [-0.4, -0.2) is 28.5 Å². The van der Waals surface area contributed by atoms with E-state index in [1.807, 2.05) is 19.9 Å². The molecular weight excluding hydrogens is 394 g/mol. The van der Waals surface area contributed by atoms with Gasteiger partial charge in [0.1, 0.15) is 11.3 Å². The molecule has 29 heavy (non-hydrogen) atoms. The number of ether oxygens (including phenoxy) is 2. The lowest BCUT2D eigenvalue weighted by Gasteiger charge is -2.12. The number of aromatic nitrogens is 2. The molecule has 1 amide bonds. The van der Waals surface area contributed by atoms with Crippen LogP contribution in [0.2, 0.25) is 5.02 Å². The van der Waals surface area contributed by atoms with E-state index in [-0.39, 0.29) is 11.4 Å². The lowest BCUT2D eigenvalue weighted by molar-refractivity contribution is -0.119. The molecule has 7 nitrogen and oxygen atoms in total. The van der Waals surface area contributed by atoms with Gasteiger partial charge in [0.05, 0.1) is 16.9 Å². The number of hydrogen-bond acceptors (Lipinski definition) is 6. The number of aryl methyl sites for hydroxylation is 2. The van der Waals surface area contributed by atoms with Crippen LogP contribution in [-0.2, 0) is 9.53 Å². The Balaban J connectivity index is 1.65. The maximum absolute atomic E-state index is 12.4. The molecule has 0 spiro atoms. The molecule has 0 unspecified atom stereocenters. The summed E-state index contributed by atoms with van der Waals surface area (Å²) in [5, 5.41) is 3.08. The van der Waals surface area contributed by atoms with Gasteiger partial charge in [0.2, 0.25) is 5.88 Å². The summed E-state index contributed by atoms with van der Waals surface area (Å²) in [4.78, 5) is 32.6. The molecule has 1 aromatic carbocycles. The molecule has 0 saturated heterocycles. The van der Waals surface area contributed by atoms with Gasteiger partial charge in [-0.2, -0.15) is 0 Å². The summed E-state index contributed by atoms with van der Waals surface area (Å²) in [7, 11) is 0. The Hall–Kier alpha value is -3.45. The molecule has 0 atom stereocenters. The summed E-state index contributed by atoms with van der Waals surface area (Å²) in [5.41, 5.74) is 2.37. The maximum atomic E-state index is 12.4. The molecular formula is C21H18ClN3O4. The highest BCUT2D eigenvalue weighted by atomic mass is 35.5. The van der Waals surface area contributed by atoms with E-state index in [0.717, 1.165) is 11.1 Å². The molecule has 148 valence electrons. The summed E-state index contributed by atoms with van der Waals surface area (Å²) >= 11 is 6.18. The van der Waals surface area contributed by atoms with Gasteiger partial charge in [0.25, 0.3) is 5.91 Å². The fourth-order valence-electron chi connectivity index (χ4n) is 2.60. The smallest absolute Gasteiger partial charge is 0.344 e. The topological polar surface area (TPSA) is 90.4 Å². The average molecular weight is 412 g/mol. The molecule has 3 rings (SSSR count). The Morgan fingerprint density at radius 1 is 1.14 bits per heavy atom. The predicted molar refractivity (Wildman–Crippen MR) is 108 cm³/mol. The van der Waals surface area contributed by atoms with Crippen LogP contribution < -0.4 is 10.1 Å². The highest BCUT2D eigenvalue weighted by Crippen LogP contribution is 2.27. The fourth-order valence-corrected chi connectivity index (χ4v) is 2.97. The number of esters is 1. The number of pyridine rings is 2. The van der Waals surface area contributed by atoms with E-state index < -0.39 is 18.5 Å². The molecule has 8 heteroatoms. The molecule has 0 radical (unpaired) electrons. The SMILES string of the molecule is Cc1cc(C)c(NC(=O)COC(=O)c2cccnc2Oc2cccnc2)c(Cl)c1. The quantitative estimate of drug-likeness (QED) is 0.607. The van der Waals surface area contributed by atoms with E-state index in [0.29, 0.717) is 16.5 Å². The zero-order valence-electron chi connectivity index (χ0n) is 15.8. The Morgan fingerprint density at radius 3 is 2.66 bits per heavy atom. The number of nitrogens with one attached hydrogen (secondary N) is 1. The van der Waals surface area contributed by atoms with Crippen molar-refractivity contribution in [3.63, 3.8) is 0 Å². The third kappa shape index (κ3) is 5.30. The summed E-state index contributed by atoms with van der Waals surface area (Å²) in [6, 6.07) is 10.1. The fraction of sp³-hybridized carbons (Fsp3) is 0.143. The predicted octanol–water partition coefficient (Wildman–Crippen LogP) is 4.33. The number of halogens is 1. The molecule has 0 saturated carbocycles. The number of benzene rings is 1. The maximum Gasteiger partial charge on any atom is 0.344 e. The first kappa shape index (κ1) is 20.3. The van der Waals surface area contributed by atoms with Gasteiger partial charge in [0, 0.05) is 12.4 Å². The van der Waals surface area contributed by atoms with Crippen molar-refractivity contribution in [3.05, 3.63) is 76.7 Å². The van der Waals surface area contributed by atoms with Crippen LogP contribution in [0.25, 0.3) is 0 Å². The molecule has 2 aromatic heterocycles. The lowest BCUT2D eigenvalue weighted by Crippen LogP contribution is -2.22. The van der Waals surface area contributed by atoms with Gasteiger partial charge in [0.15, 0.2) is 6.61 Å². The normalized spacial score (nSPS) is 10.3. The van der Waals surface area contributed by atoms with Crippen molar-refractivity contribution in [2.75, 3.05) is 11.9 Å². The van der Waals surface area contributed by atoms with E-state index >= 15 is 0 Å². The van der Waals surface area contributed by atoms with Crippen molar-refractivity contribution in [3.8, 4) is 11.6 Å². The first-order valence-corrected chi connectivity index (χ1v) is 9.08. The summed E-state index contributed by atoms with van der Waals surface area (Å²) in [5.74, 6) is -0.768. The average Bonchev–Trinajstić information content (AvgIpc) is 2.70. The number of carbonyl (C=O) groups excluding carboxylic acids is 2. The second-order valence-corrected chi connectivity index (χ2v) is 6.62. The largest absolute Gasteiger partial charge is 0.452 e. The molecule has 0 fully saturated rings. The summed E-state index contributed by atoms with van der Waals surface area (Å²) in [6.45, 7) is 3.26. The lowest BCUT2D eigenvalue weighted by atomic mass is 10.1. The third-order valence-corrected chi connectivity index (χ3v) is 4.17. The minimum absolute atomic E-state index is 0.0586. The van der Waals surface area contributed by atoms with Crippen LogP contribution in [0.5, 0.6) is 11.6 Å². The highest BCUT2D eigenvalue weighted by Gasteiger charge is 2.18. The van der Waals surface area contributed by atoms with E-state index in [1.54, 1.807) is 30.5 Å². The van der Waals surface area contributed by atoms with Gasteiger partial charge < -0.3 is 14.8 Å². The second-order valence-electron chi connectivity index (χ2n) is 6.21. The van der Waals surface area contributed by atoms with Crippen molar-refractivity contribution >= 4 is 29.2 Å². The van der Waals surface area contributed by atoms with Crippen LogP contribution in [0.3, 0.4) is 0 Å². The Labute approximate surface area is 172 Å². The van der Waals surface area contributed by atoms with Gasteiger partial charge in [-0.05, 0) is 55.3 Å². The van der Waals surface area contributed by atoms with Gasteiger partial charge in [-0.1, -0.05) is 17.7 Å². The molecule has 0 aliphatic heterocycles. The van der Waals surface area contributed by atoms with Gasteiger partial charge in [-0.25, -0.2) is 9.78 Å². The third-order valence-electron chi connectivity index (χ3n) is 3.87. The Morgan fingerprint density at radius 2 is 1.93 bits per heavy atom. The molecule has 0 aliphatic carbocycles. The number of nitrogens with zero attached hydrogens (tertiary/aromatic N) is 2. The minimum atomic E-state index is -0.737. The Kier molecular flexibility index (Phi) is 6.41. The molecule has 3 aromatic rings. The van der Waals surface area contributed by atoms with Gasteiger partial charge in [-0.3, -0.25) is 9.78 Å². The summed E-state index contributed by atoms with van der Waals surface area (Å²) < 4.78 is 10.7. The molecule has 0 bridgehead atoms. The summed E-state index contributed by atoms with van der Waals surface area (Å²) in [6.07, 6.45) is 4.57. The Bertz CT molecular complexity index is 1020. The number of hydrogen-bond donors (Lipinski definition) is 1. The van der Waals surface area contributed by atoms with Crippen molar-refractivity contribution in [1.82, 2.24) is 9.97 Å². The molecule has 2 heterocycles. The van der Waals surface area contributed by atoms with Crippen molar-refractivity contribution < 1.29 is 19.1 Å². The van der Waals surface area contributed by atoms with Crippen molar-refractivity contribution in [2.45, 2.75) is 13.8 Å². The van der Waals surface area contributed by atoms with Crippen molar-refractivity contribution in [1.29, 1.82) is 0 Å². The minimum Gasteiger partial charge on any atom is -0.452 e. The van der Waals surface area contributed by atoms with Crippen molar-refractivity contribution in [2.24, 2.45) is 0 Å². The van der Waals surface area contributed by atoms with Gasteiger partial charge >= 0.3 is 5.97 Å². The van der Waals surface area contributed by atoms with E-state index in [1.165, 1.54) is 18.5 Å². The molecule has 0 aliphatic rings. The number of carbonyl (C=O) groups is 2. The van der Waals surface area contributed by atoms with Crippen LogP contribution in [0, 0.1) is 13.8 Å². The first-order valence-electron chi connectivity index (χ1n) is 8.70. The number of amides is 1. The monoisotopic (exact) mass is 411 g/mol. The molecule has 1 N–H and O–H groups in total. The van der Waals surface area contributed by atoms with Crippen LogP contribution in [0.4, 0.5) is 5.69 Å². The van der Waals surface area contributed by atoms with E-state index in [4.69, 9.17) is 21.1 Å². The van der Waals surface area contributed by atoms with Crippen LogP contribution in [0.1, 0.15) is 21.5 Å². The zero-order chi connectivity index (χ0) is 20.8. The first-order chi connectivity index (χ1) is 13.9. The van der Waals surface area contributed by atoms with E-state index in [9.17, 15) is 9.59 Å². The highest BCUT2D eigenvalue weighted by molar-refractivity contribution is 6.34. The van der Waals surface area contributed by atoms with Crippen LogP contribution in [0.15, 0.2) is 55.0 Å². The zero-order valence-corrected chi connectivity index (χ0v) is 16.6. The second kappa shape index (κ2) is 9.16. The van der Waals surface area contributed by atoms with Gasteiger partial charge in [-0.15, -0.1) is 0 Å². The van der Waals surface area contributed by atoms with E-state index in [2.05, 4.69) is 15.3 Å². The standard InChI is InChI=1S/C21H18ClN3O4/c1-13-9-14(2)19(17(22)10-13)25-18(26)12-28-21(27)16-6-4-8-24-20(16)29-15-5-3-7-23-11-15/h3-11H,12H2,1-2H3,(H,25,26). The number of anilines is 1. The van der Waals surface area contributed by atoms with Crippen LogP contribution >= 0.6 is 11.6 Å².